The van der Waals surface area contributed by atoms with Gasteiger partial charge in [-0.1, -0.05) is 41.0 Å². The molecule has 1 amide bonds. The van der Waals surface area contributed by atoms with Gasteiger partial charge in [0, 0.05) is 17.2 Å². The van der Waals surface area contributed by atoms with E-state index in [9.17, 15) is 4.79 Å². The molecule has 0 aliphatic heterocycles. The fourth-order valence-electron chi connectivity index (χ4n) is 1.76. The van der Waals surface area contributed by atoms with Gasteiger partial charge in [0.1, 0.15) is 0 Å². The second-order valence-corrected chi connectivity index (χ2v) is 7.84. The molecule has 0 bridgehead atoms. The summed E-state index contributed by atoms with van der Waals surface area (Å²) < 4.78 is 0.229. The van der Waals surface area contributed by atoms with Crippen molar-refractivity contribution in [2.24, 2.45) is 5.41 Å². The predicted molar refractivity (Wildman–Crippen MR) is 78.5 cm³/mol. The van der Waals surface area contributed by atoms with Crippen LogP contribution in [0.15, 0.2) is 0 Å². The third kappa shape index (κ3) is 7.69. The predicted octanol–water partition coefficient (Wildman–Crippen LogP) is 3.85. The van der Waals surface area contributed by atoms with Gasteiger partial charge in [-0.3, -0.25) is 4.79 Å². The average molecular weight is 259 g/mol. The molecule has 0 heterocycles. The zero-order valence-corrected chi connectivity index (χ0v) is 13.3. The minimum absolute atomic E-state index is 0.110. The second-order valence-electron chi connectivity index (χ2n) is 6.33. The van der Waals surface area contributed by atoms with E-state index >= 15 is 0 Å². The first-order valence-corrected chi connectivity index (χ1v) is 7.69. The SMILES string of the molecule is CCC(C)(C)CC(=O)N[C@@H](C)CC(C)(C)SC. The molecule has 0 saturated heterocycles. The van der Waals surface area contributed by atoms with Crippen molar-refractivity contribution in [3.05, 3.63) is 0 Å². The molecule has 0 saturated carbocycles. The van der Waals surface area contributed by atoms with Crippen molar-refractivity contribution in [3.8, 4) is 0 Å². The molecule has 1 N–H and O–H groups in total. The van der Waals surface area contributed by atoms with Gasteiger partial charge in [-0.15, -0.1) is 0 Å². The van der Waals surface area contributed by atoms with Crippen LogP contribution in [0.2, 0.25) is 0 Å². The zero-order valence-electron chi connectivity index (χ0n) is 12.5. The van der Waals surface area contributed by atoms with Crippen molar-refractivity contribution >= 4 is 17.7 Å². The van der Waals surface area contributed by atoms with E-state index in [2.05, 4.69) is 53.1 Å². The van der Waals surface area contributed by atoms with Crippen molar-refractivity contribution in [2.45, 2.75) is 71.6 Å². The molecule has 2 nitrogen and oxygen atoms in total. The number of hydrogen-bond acceptors (Lipinski definition) is 2. The Morgan fingerprint density at radius 1 is 1.29 bits per heavy atom. The standard InChI is InChI=1S/C14H29NOS/c1-8-13(3,4)10-12(16)15-11(2)9-14(5,6)17-7/h11H,8-10H2,1-7H3,(H,15,16)/t11-/m0/s1. The van der Waals surface area contributed by atoms with Crippen molar-refractivity contribution in [3.63, 3.8) is 0 Å². The number of amides is 1. The van der Waals surface area contributed by atoms with E-state index in [1.54, 1.807) is 0 Å². The topological polar surface area (TPSA) is 29.1 Å². The first kappa shape index (κ1) is 16.8. The van der Waals surface area contributed by atoms with Gasteiger partial charge in [-0.05, 0) is 25.0 Å². The molecule has 0 unspecified atom stereocenters. The van der Waals surface area contributed by atoms with Crippen LogP contribution in [0, 0.1) is 5.41 Å². The first-order valence-electron chi connectivity index (χ1n) is 6.46. The number of nitrogens with one attached hydrogen (secondary N) is 1. The van der Waals surface area contributed by atoms with E-state index in [-0.39, 0.29) is 22.1 Å². The second kappa shape index (κ2) is 6.67. The molecule has 3 heteroatoms. The van der Waals surface area contributed by atoms with Gasteiger partial charge in [-0.2, -0.15) is 11.8 Å². The minimum Gasteiger partial charge on any atom is -0.354 e. The van der Waals surface area contributed by atoms with E-state index < -0.39 is 0 Å². The van der Waals surface area contributed by atoms with Crippen LogP contribution >= 0.6 is 11.8 Å². The summed E-state index contributed by atoms with van der Waals surface area (Å²) in [5.41, 5.74) is 0.110. The van der Waals surface area contributed by atoms with Crippen LogP contribution in [-0.2, 0) is 4.79 Å². The largest absolute Gasteiger partial charge is 0.354 e. The molecule has 0 aromatic rings. The van der Waals surface area contributed by atoms with Crippen LogP contribution in [0.3, 0.4) is 0 Å². The molecule has 0 aromatic heterocycles. The monoisotopic (exact) mass is 259 g/mol. The Morgan fingerprint density at radius 3 is 2.24 bits per heavy atom. The molecule has 17 heavy (non-hydrogen) atoms. The zero-order chi connectivity index (χ0) is 13.7. The molecule has 0 aliphatic carbocycles. The van der Waals surface area contributed by atoms with Crippen LogP contribution < -0.4 is 5.32 Å². The molecule has 0 aromatic carbocycles. The third-order valence-corrected chi connectivity index (χ3v) is 4.63. The minimum atomic E-state index is 0.110. The summed E-state index contributed by atoms with van der Waals surface area (Å²) in [4.78, 5) is 11.9. The van der Waals surface area contributed by atoms with Crippen molar-refractivity contribution in [2.75, 3.05) is 6.26 Å². The maximum Gasteiger partial charge on any atom is 0.220 e. The number of carbonyl (C=O) groups excluding carboxylic acids is 1. The summed E-state index contributed by atoms with van der Waals surface area (Å²) in [5.74, 6) is 0.182. The first-order chi connectivity index (χ1) is 7.62. The number of carbonyl (C=O) groups is 1. The van der Waals surface area contributed by atoms with Crippen LogP contribution in [0.4, 0.5) is 0 Å². The summed E-state index contributed by atoms with van der Waals surface area (Å²) in [6.45, 7) is 12.9. The van der Waals surface area contributed by atoms with Gasteiger partial charge in [0.15, 0.2) is 0 Å². The molecule has 0 radical (unpaired) electrons. The lowest BCUT2D eigenvalue weighted by Crippen LogP contribution is -2.38. The Morgan fingerprint density at radius 2 is 1.82 bits per heavy atom. The Balaban J connectivity index is 4.13. The fraction of sp³-hybridized carbons (Fsp3) is 0.929. The van der Waals surface area contributed by atoms with E-state index in [1.807, 2.05) is 11.8 Å². The summed E-state index contributed by atoms with van der Waals surface area (Å²) in [6, 6.07) is 0.248. The van der Waals surface area contributed by atoms with E-state index in [4.69, 9.17) is 0 Å². The molecule has 0 rings (SSSR count). The lowest BCUT2D eigenvalue weighted by Gasteiger charge is -2.28. The Bertz CT molecular complexity index is 249. The van der Waals surface area contributed by atoms with Crippen molar-refractivity contribution in [1.29, 1.82) is 0 Å². The number of thioether (sulfide) groups is 1. The van der Waals surface area contributed by atoms with Gasteiger partial charge in [0.2, 0.25) is 5.91 Å². The molecule has 102 valence electrons. The summed E-state index contributed by atoms with van der Waals surface area (Å²) in [5, 5.41) is 3.11. The Hall–Kier alpha value is -0.180. The third-order valence-electron chi connectivity index (χ3n) is 3.35. The lowest BCUT2D eigenvalue weighted by atomic mass is 9.86. The van der Waals surface area contributed by atoms with Gasteiger partial charge >= 0.3 is 0 Å². The Labute approximate surface area is 111 Å². The average Bonchev–Trinajstić information content (AvgIpc) is 2.15. The highest BCUT2D eigenvalue weighted by Gasteiger charge is 2.23. The van der Waals surface area contributed by atoms with Crippen LogP contribution in [0.5, 0.6) is 0 Å². The number of rotatable bonds is 7. The highest BCUT2D eigenvalue weighted by atomic mass is 32.2. The summed E-state index contributed by atoms with van der Waals surface area (Å²) in [7, 11) is 0. The normalized spacial score (nSPS) is 14.5. The van der Waals surface area contributed by atoms with Gasteiger partial charge < -0.3 is 5.32 Å². The smallest absolute Gasteiger partial charge is 0.220 e. The highest BCUT2D eigenvalue weighted by Crippen LogP contribution is 2.27. The van der Waals surface area contributed by atoms with Crippen molar-refractivity contribution < 1.29 is 4.79 Å². The molecular weight excluding hydrogens is 230 g/mol. The fourth-order valence-corrected chi connectivity index (χ4v) is 2.17. The van der Waals surface area contributed by atoms with Crippen LogP contribution in [-0.4, -0.2) is 23.0 Å². The van der Waals surface area contributed by atoms with E-state index in [1.165, 1.54) is 0 Å². The molecule has 0 aliphatic rings. The van der Waals surface area contributed by atoms with E-state index in [0.29, 0.717) is 6.42 Å². The lowest BCUT2D eigenvalue weighted by molar-refractivity contribution is -0.123. The quantitative estimate of drug-likeness (QED) is 0.752. The van der Waals surface area contributed by atoms with Gasteiger partial charge in [-0.25, -0.2) is 0 Å². The Kier molecular flexibility index (Phi) is 6.60. The van der Waals surface area contributed by atoms with Crippen molar-refractivity contribution in [1.82, 2.24) is 5.32 Å². The highest BCUT2D eigenvalue weighted by molar-refractivity contribution is 7.99. The van der Waals surface area contributed by atoms with Gasteiger partial charge in [0.25, 0.3) is 0 Å². The van der Waals surface area contributed by atoms with Gasteiger partial charge in [0.05, 0.1) is 0 Å². The maximum atomic E-state index is 11.9. The van der Waals surface area contributed by atoms with Crippen LogP contribution in [0.1, 0.15) is 60.8 Å². The van der Waals surface area contributed by atoms with E-state index in [0.717, 1.165) is 12.8 Å². The molecule has 0 spiro atoms. The van der Waals surface area contributed by atoms with Crippen LogP contribution in [0.25, 0.3) is 0 Å². The number of hydrogen-bond donors (Lipinski definition) is 1. The molecular formula is C14H29NOS. The summed E-state index contributed by atoms with van der Waals surface area (Å²) in [6.07, 6.45) is 4.78. The summed E-state index contributed by atoms with van der Waals surface area (Å²) >= 11 is 1.85. The molecule has 0 fully saturated rings. The molecule has 1 atom stereocenters. The maximum absolute atomic E-state index is 11.9.